The summed E-state index contributed by atoms with van der Waals surface area (Å²) in [4.78, 5) is 4.57. The fourth-order valence-corrected chi connectivity index (χ4v) is 9.04. The van der Waals surface area contributed by atoms with Crippen LogP contribution in [0, 0.1) is 0 Å². The van der Waals surface area contributed by atoms with Gasteiger partial charge in [-0.25, -0.2) is 0 Å². The summed E-state index contributed by atoms with van der Waals surface area (Å²) >= 11 is 0. The number of ether oxygens (including phenoxy) is 1. The van der Waals surface area contributed by atoms with Crippen LogP contribution in [0.25, 0.3) is 43.8 Å². The molecule has 0 amide bonds. The lowest BCUT2D eigenvalue weighted by Gasteiger charge is -2.21. The quantitative estimate of drug-likeness (QED) is 0.192. The summed E-state index contributed by atoms with van der Waals surface area (Å²) in [6.45, 7) is 4.94. The van der Waals surface area contributed by atoms with Gasteiger partial charge in [0.2, 0.25) is 0 Å². The molecule has 0 spiro atoms. The summed E-state index contributed by atoms with van der Waals surface area (Å²) in [5.74, 6) is 1.71. The van der Waals surface area contributed by atoms with E-state index in [1.54, 1.807) is 0 Å². The van der Waals surface area contributed by atoms with E-state index < -0.39 is 8.07 Å². The lowest BCUT2D eigenvalue weighted by atomic mass is 9.88. The average molecular weight is 480 g/mol. The zero-order valence-electron chi connectivity index (χ0n) is 20.3. The first-order valence-corrected chi connectivity index (χ1v) is 15.4. The normalized spacial score (nSPS) is 13.5. The van der Waals surface area contributed by atoms with Crippen molar-refractivity contribution in [1.82, 2.24) is 4.98 Å². The summed E-state index contributed by atoms with van der Waals surface area (Å²) in [6, 6.07) is 36.6. The van der Waals surface area contributed by atoms with E-state index in [0.717, 1.165) is 27.7 Å². The molecule has 5 aromatic carbocycles. The Balaban J connectivity index is 1.60. The number of nitrogens with zero attached hydrogens (tertiary/aromatic N) is 1. The Kier molecular flexibility index (Phi) is 4.63. The van der Waals surface area contributed by atoms with E-state index in [1.807, 2.05) is 42.7 Å². The third-order valence-corrected chi connectivity index (χ3v) is 11.2. The summed E-state index contributed by atoms with van der Waals surface area (Å²) in [5, 5.41) is 7.49. The largest absolute Gasteiger partial charge is 0.456 e. The molecule has 0 unspecified atom stereocenters. The molecule has 1 aliphatic heterocycles. The van der Waals surface area contributed by atoms with Crippen LogP contribution in [0.1, 0.15) is 0 Å². The second-order valence-electron chi connectivity index (χ2n) is 9.98. The number of fused-ring (bicyclic) bond motifs is 5. The third kappa shape index (κ3) is 2.99. The highest BCUT2D eigenvalue weighted by Crippen LogP contribution is 2.47. The predicted octanol–water partition coefficient (Wildman–Crippen LogP) is 7.65. The van der Waals surface area contributed by atoms with E-state index in [0.29, 0.717) is 0 Å². The molecule has 0 fully saturated rings. The zero-order chi connectivity index (χ0) is 24.3. The second-order valence-corrected chi connectivity index (χ2v) is 14.3. The van der Waals surface area contributed by atoms with Crippen molar-refractivity contribution in [2.75, 3.05) is 0 Å². The van der Waals surface area contributed by atoms with Gasteiger partial charge in [-0.05, 0) is 56.2 Å². The van der Waals surface area contributed by atoms with Gasteiger partial charge in [-0.3, -0.25) is 4.98 Å². The molecule has 2 heterocycles. The van der Waals surface area contributed by atoms with Gasteiger partial charge in [0.05, 0.1) is 0 Å². The summed E-state index contributed by atoms with van der Waals surface area (Å²) in [5.41, 5.74) is 5.27. The van der Waals surface area contributed by atoms with Crippen molar-refractivity contribution in [3.05, 3.63) is 116 Å². The molecule has 0 bridgehead atoms. The van der Waals surface area contributed by atoms with Gasteiger partial charge in [0.15, 0.2) is 0 Å². The molecule has 0 saturated carbocycles. The number of benzene rings is 5. The van der Waals surface area contributed by atoms with Crippen LogP contribution in [0.15, 0.2) is 116 Å². The van der Waals surface area contributed by atoms with Crippen molar-refractivity contribution in [3.8, 4) is 33.8 Å². The van der Waals surface area contributed by atoms with Crippen molar-refractivity contribution in [2.24, 2.45) is 0 Å². The zero-order valence-corrected chi connectivity index (χ0v) is 21.3. The molecule has 0 saturated heterocycles. The minimum absolute atomic E-state index is 0.829. The van der Waals surface area contributed by atoms with Gasteiger partial charge in [-0.2, -0.15) is 0 Å². The lowest BCUT2D eigenvalue weighted by molar-refractivity contribution is 0.494. The Labute approximate surface area is 211 Å². The lowest BCUT2D eigenvalue weighted by Crippen LogP contribution is -2.49. The molecule has 172 valence electrons. The Bertz CT molecular complexity index is 1730. The number of para-hydroxylation sites is 1. The number of aromatic nitrogens is 1. The van der Waals surface area contributed by atoms with E-state index in [4.69, 9.17) is 4.74 Å². The number of pyridine rings is 1. The van der Waals surface area contributed by atoms with Crippen molar-refractivity contribution < 1.29 is 4.74 Å². The van der Waals surface area contributed by atoms with Crippen molar-refractivity contribution >= 4 is 40.0 Å². The maximum Gasteiger partial charge on any atom is 0.143 e. The fraction of sp³-hybridized carbons (Fsp3) is 0.0606. The first kappa shape index (κ1) is 21.1. The SMILES string of the molecule is C[Si]1(C)c2ccccc2-c2c(-c3c4ccccc4c(Oc4ccccc4)c4ccncc34)cccc21. The van der Waals surface area contributed by atoms with Gasteiger partial charge in [0, 0.05) is 28.6 Å². The van der Waals surface area contributed by atoms with E-state index in [-0.39, 0.29) is 0 Å². The van der Waals surface area contributed by atoms with Gasteiger partial charge in [-0.1, -0.05) is 98.0 Å². The average Bonchev–Trinajstić information content (AvgIpc) is 3.16. The van der Waals surface area contributed by atoms with E-state index in [1.165, 1.54) is 38.0 Å². The smallest absolute Gasteiger partial charge is 0.143 e. The monoisotopic (exact) mass is 479 g/mol. The minimum atomic E-state index is -1.78. The molecule has 1 aromatic heterocycles. The highest BCUT2D eigenvalue weighted by molar-refractivity contribution is 7.04. The summed E-state index contributed by atoms with van der Waals surface area (Å²) in [7, 11) is -1.78. The molecular formula is C33H25NOSi. The first-order chi connectivity index (χ1) is 17.6. The molecule has 0 atom stereocenters. The molecule has 7 rings (SSSR count). The Morgan fingerprint density at radius 2 is 1.22 bits per heavy atom. The molecule has 6 aromatic rings. The van der Waals surface area contributed by atoms with Crippen molar-refractivity contribution in [2.45, 2.75) is 13.1 Å². The highest BCUT2D eigenvalue weighted by atomic mass is 28.3. The molecule has 2 nitrogen and oxygen atoms in total. The number of hydrogen-bond acceptors (Lipinski definition) is 2. The van der Waals surface area contributed by atoms with Crippen LogP contribution in [-0.4, -0.2) is 13.1 Å². The van der Waals surface area contributed by atoms with Crippen LogP contribution in [0.4, 0.5) is 0 Å². The van der Waals surface area contributed by atoms with Crippen LogP contribution in [-0.2, 0) is 0 Å². The second kappa shape index (κ2) is 7.90. The number of rotatable bonds is 3. The van der Waals surface area contributed by atoms with Crippen LogP contribution < -0.4 is 15.1 Å². The van der Waals surface area contributed by atoms with Crippen LogP contribution in [0.2, 0.25) is 13.1 Å². The maximum absolute atomic E-state index is 6.56. The molecule has 0 radical (unpaired) electrons. The topological polar surface area (TPSA) is 22.1 Å². The fourth-order valence-electron chi connectivity index (χ4n) is 5.95. The van der Waals surface area contributed by atoms with Crippen LogP contribution in [0.5, 0.6) is 11.5 Å². The van der Waals surface area contributed by atoms with Gasteiger partial charge in [-0.15, -0.1) is 0 Å². The van der Waals surface area contributed by atoms with Gasteiger partial charge in [0.1, 0.15) is 19.6 Å². The Morgan fingerprint density at radius 3 is 2.08 bits per heavy atom. The van der Waals surface area contributed by atoms with E-state index in [2.05, 4.69) is 90.9 Å². The molecule has 3 heteroatoms. The minimum Gasteiger partial charge on any atom is -0.456 e. The first-order valence-electron chi connectivity index (χ1n) is 12.4. The maximum atomic E-state index is 6.56. The predicted molar refractivity (Wildman–Crippen MR) is 153 cm³/mol. The standard InChI is InChI=1S/C33H25NOSi/c1-36(2)29-17-9-8-15-26(29)32-27(16-10-18-30(32)36)31-23-13-6-7-14-24(23)33(25-19-20-34-21-28(25)31)35-22-11-4-3-5-12-22/h3-21H,1-2H3. The van der Waals surface area contributed by atoms with Crippen molar-refractivity contribution in [3.63, 3.8) is 0 Å². The molecule has 36 heavy (non-hydrogen) atoms. The van der Waals surface area contributed by atoms with Gasteiger partial charge >= 0.3 is 0 Å². The molecule has 0 N–H and O–H groups in total. The van der Waals surface area contributed by atoms with E-state index >= 15 is 0 Å². The summed E-state index contributed by atoms with van der Waals surface area (Å²) < 4.78 is 6.56. The van der Waals surface area contributed by atoms with Gasteiger partial charge in [0.25, 0.3) is 0 Å². The van der Waals surface area contributed by atoms with Crippen LogP contribution in [0.3, 0.4) is 0 Å². The third-order valence-electron chi connectivity index (χ3n) is 7.62. The molecule has 0 aliphatic carbocycles. The van der Waals surface area contributed by atoms with Gasteiger partial charge < -0.3 is 4.74 Å². The molecule has 1 aliphatic rings. The van der Waals surface area contributed by atoms with E-state index in [9.17, 15) is 0 Å². The summed E-state index contributed by atoms with van der Waals surface area (Å²) in [6.07, 6.45) is 3.86. The van der Waals surface area contributed by atoms with Crippen LogP contribution >= 0.6 is 0 Å². The highest BCUT2D eigenvalue weighted by Gasteiger charge is 2.38. The Morgan fingerprint density at radius 1 is 0.556 bits per heavy atom. The number of hydrogen-bond donors (Lipinski definition) is 0. The molecular weight excluding hydrogens is 454 g/mol. The van der Waals surface area contributed by atoms with Crippen molar-refractivity contribution in [1.29, 1.82) is 0 Å². The Hall–Kier alpha value is -4.21.